The molecule has 1 spiro atoms. The molecule has 2 bridgehead atoms. The number of aliphatic hydroxyl groups excluding tert-OH is 1. The highest BCUT2D eigenvalue weighted by atomic mass is 16.5. The first-order chi connectivity index (χ1) is 20.6. The summed E-state index contributed by atoms with van der Waals surface area (Å²) >= 11 is 0. The van der Waals surface area contributed by atoms with Crippen LogP contribution in [0.1, 0.15) is 48.6 Å². The number of likely N-dealkylation sites (tertiary alicyclic amines) is 1. The van der Waals surface area contributed by atoms with E-state index < -0.39 is 35.1 Å². The zero-order valence-electron chi connectivity index (χ0n) is 25.0. The highest BCUT2D eigenvalue weighted by Crippen LogP contribution is 2.66. The first-order valence-corrected chi connectivity index (χ1v) is 15.0. The van der Waals surface area contributed by atoms with Crippen molar-refractivity contribution in [1.29, 1.82) is 0 Å². The van der Waals surface area contributed by atoms with E-state index in [0.29, 0.717) is 24.2 Å². The molecule has 224 valence electrons. The number of nitrogens with zero attached hydrogens (tertiary/aromatic N) is 1. The smallest absolute Gasteiger partial charge is 0.250 e. The lowest BCUT2D eigenvalue weighted by atomic mass is 9.62. The molecule has 3 aliphatic rings. The Bertz CT molecular complexity index is 1550. The summed E-state index contributed by atoms with van der Waals surface area (Å²) in [5.41, 5.74) is 2.02. The molecule has 7 atom stereocenters. The Morgan fingerprint density at radius 3 is 2.37 bits per heavy atom. The average molecular weight is 582 g/mol. The lowest BCUT2D eigenvalue weighted by Crippen LogP contribution is -2.55. The first-order valence-electron chi connectivity index (χ1n) is 15.0. The lowest BCUT2D eigenvalue weighted by Gasteiger charge is -2.37. The summed E-state index contributed by atoms with van der Waals surface area (Å²) < 4.78 is 6.86. The van der Waals surface area contributed by atoms with Crippen LogP contribution in [-0.4, -0.2) is 51.6 Å². The number of amides is 3. The number of benzene rings is 3. The second-order valence-corrected chi connectivity index (χ2v) is 12.6. The summed E-state index contributed by atoms with van der Waals surface area (Å²) in [6, 6.07) is 22.8. The van der Waals surface area contributed by atoms with Gasteiger partial charge in [0, 0.05) is 12.2 Å². The number of fused-ring (bicyclic) bond motifs is 1. The second kappa shape index (κ2) is 10.9. The maximum absolute atomic E-state index is 14.6. The van der Waals surface area contributed by atoms with Crippen molar-refractivity contribution in [1.82, 2.24) is 10.2 Å². The Kier molecular flexibility index (Phi) is 7.39. The van der Waals surface area contributed by atoms with Crippen LogP contribution in [0.2, 0.25) is 0 Å². The third-order valence-corrected chi connectivity index (χ3v) is 9.94. The molecule has 3 heterocycles. The Morgan fingerprint density at radius 1 is 1.02 bits per heavy atom. The van der Waals surface area contributed by atoms with Gasteiger partial charge in [-0.3, -0.25) is 14.4 Å². The van der Waals surface area contributed by atoms with Gasteiger partial charge in [-0.05, 0) is 61.4 Å². The van der Waals surface area contributed by atoms with Gasteiger partial charge in [0.2, 0.25) is 17.7 Å². The molecule has 3 unspecified atom stereocenters. The monoisotopic (exact) mass is 581 g/mol. The van der Waals surface area contributed by atoms with E-state index in [-0.39, 0.29) is 30.2 Å². The molecule has 3 fully saturated rings. The SMILES string of the molecule is Cc1ccc(C)c(NC(=O)C2N([C@H](CO)c3ccccc3)C(=O)[C@@H]3[C@H](C(=O)NCc4ccccc4)[C@@]4(C)OC23CC4C)c1. The second-order valence-electron chi connectivity index (χ2n) is 12.6. The average Bonchev–Trinajstić information content (AvgIpc) is 3.52. The summed E-state index contributed by atoms with van der Waals surface area (Å²) in [6.45, 7) is 7.73. The van der Waals surface area contributed by atoms with Crippen LogP contribution in [0.3, 0.4) is 0 Å². The minimum absolute atomic E-state index is 0.0933. The van der Waals surface area contributed by atoms with Crippen molar-refractivity contribution in [2.75, 3.05) is 11.9 Å². The van der Waals surface area contributed by atoms with Crippen molar-refractivity contribution in [2.24, 2.45) is 17.8 Å². The van der Waals surface area contributed by atoms with Gasteiger partial charge in [0.25, 0.3) is 0 Å². The number of ether oxygens (including phenoxy) is 1. The molecule has 3 amide bonds. The number of carbonyl (C=O) groups excluding carboxylic acids is 3. The number of aliphatic hydroxyl groups is 1. The lowest BCUT2D eigenvalue weighted by molar-refractivity contribution is -0.149. The van der Waals surface area contributed by atoms with E-state index in [9.17, 15) is 19.5 Å². The van der Waals surface area contributed by atoms with E-state index in [0.717, 1.165) is 16.7 Å². The summed E-state index contributed by atoms with van der Waals surface area (Å²) in [5.74, 6) is -2.78. The maximum atomic E-state index is 14.6. The summed E-state index contributed by atoms with van der Waals surface area (Å²) in [4.78, 5) is 44.6. The standard InChI is InChI=1S/C35H39N3O5/c1-21-15-16-22(2)26(17-21)37-32(41)30-35-18-23(3)34(4,43-35)28(31(40)36-19-24-11-7-5-8-12-24)29(35)33(42)38(30)27(20-39)25-13-9-6-10-14-25/h5-17,23,27-30,39H,18-20H2,1-4H3,(H,36,40)(H,37,41)/t23?,27-,28-,29+,30?,34+,35?/m1/s1. The molecular weight excluding hydrogens is 542 g/mol. The molecule has 0 aliphatic carbocycles. The molecule has 3 aliphatic heterocycles. The predicted molar refractivity (Wildman–Crippen MR) is 163 cm³/mol. The fraction of sp³-hybridized carbons (Fsp3) is 0.400. The zero-order valence-corrected chi connectivity index (χ0v) is 25.0. The van der Waals surface area contributed by atoms with Crippen LogP contribution >= 0.6 is 0 Å². The normalized spacial score (nSPS) is 29.8. The van der Waals surface area contributed by atoms with E-state index in [1.165, 1.54) is 4.90 Å². The third-order valence-electron chi connectivity index (χ3n) is 9.94. The molecule has 0 aromatic heterocycles. The molecular formula is C35H39N3O5. The van der Waals surface area contributed by atoms with Crippen LogP contribution in [0.15, 0.2) is 78.9 Å². The molecule has 8 heteroatoms. The Balaban J connectivity index is 1.42. The molecule has 3 aromatic carbocycles. The number of aryl methyl sites for hydroxylation is 2. The maximum Gasteiger partial charge on any atom is 0.250 e. The minimum Gasteiger partial charge on any atom is -0.394 e. The fourth-order valence-electron chi connectivity index (χ4n) is 7.71. The van der Waals surface area contributed by atoms with Gasteiger partial charge in [-0.1, -0.05) is 79.7 Å². The summed E-state index contributed by atoms with van der Waals surface area (Å²) in [5, 5.41) is 16.8. The van der Waals surface area contributed by atoms with Gasteiger partial charge < -0.3 is 25.4 Å². The van der Waals surface area contributed by atoms with Gasteiger partial charge >= 0.3 is 0 Å². The molecule has 0 saturated carbocycles. The highest BCUT2D eigenvalue weighted by molar-refractivity contribution is 6.04. The Labute approximate surface area is 252 Å². The first kappa shape index (κ1) is 29.1. The molecule has 0 radical (unpaired) electrons. The highest BCUT2D eigenvalue weighted by Gasteiger charge is 2.80. The Morgan fingerprint density at radius 2 is 1.70 bits per heavy atom. The van der Waals surface area contributed by atoms with Gasteiger partial charge in [-0.25, -0.2) is 0 Å². The minimum atomic E-state index is -1.23. The fourth-order valence-corrected chi connectivity index (χ4v) is 7.71. The van der Waals surface area contributed by atoms with Gasteiger partial charge in [-0.15, -0.1) is 0 Å². The van der Waals surface area contributed by atoms with Gasteiger partial charge in [0.15, 0.2) is 0 Å². The van der Waals surface area contributed by atoms with Crippen molar-refractivity contribution in [3.8, 4) is 0 Å². The summed E-state index contributed by atoms with van der Waals surface area (Å²) in [7, 11) is 0. The number of hydrogen-bond acceptors (Lipinski definition) is 5. The molecule has 3 saturated heterocycles. The van der Waals surface area contributed by atoms with Gasteiger partial charge in [-0.2, -0.15) is 0 Å². The van der Waals surface area contributed by atoms with E-state index in [4.69, 9.17) is 4.74 Å². The van der Waals surface area contributed by atoms with Crippen molar-refractivity contribution in [2.45, 2.75) is 63.9 Å². The number of hydrogen-bond donors (Lipinski definition) is 3. The molecule has 3 aromatic rings. The van der Waals surface area contributed by atoms with Crippen molar-refractivity contribution >= 4 is 23.4 Å². The van der Waals surface area contributed by atoms with Gasteiger partial charge in [0.05, 0.1) is 30.1 Å². The summed E-state index contributed by atoms with van der Waals surface area (Å²) in [6.07, 6.45) is 0.441. The van der Waals surface area contributed by atoms with E-state index in [1.54, 1.807) is 0 Å². The van der Waals surface area contributed by atoms with Crippen LogP contribution in [0.5, 0.6) is 0 Å². The molecule has 43 heavy (non-hydrogen) atoms. The number of rotatable bonds is 8. The van der Waals surface area contributed by atoms with Crippen LogP contribution in [0, 0.1) is 31.6 Å². The van der Waals surface area contributed by atoms with Crippen LogP contribution in [0.4, 0.5) is 5.69 Å². The van der Waals surface area contributed by atoms with Crippen LogP contribution in [0.25, 0.3) is 0 Å². The number of nitrogens with one attached hydrogen (secondary N) is 2. The third kappa shape index (κ3) is 4.64. The quantitative estimate of drug-likeness (QED) is 0.368. The zero-order chi connectivity index (χ0) is 30.5. The van der Waals surface area contributed by atoms with Crippen molar-refractivity contribution < 1.29 is 24.2 Å². The Hall–Kier alpha value is -4.01. The van der Waals surface area contributed by atoms with Crippen LogP contribution in [-0.2, 0) is 25.7 Å². The van der Waals surface area contributed by atoms with Crippen molar-refractivity contribution in [3.05, 3.63) is 101 Å². The van der Waals surface area contributed by atoms with E-state index in [1.807, 2.05) is 107 Å². The van der Waals surface area contributed by atoms with E-state index in [2.05, 4.69) is 10.6 Å². The number of anilines is 1. The number of carbonyl (C=O) groups is 3. The van der Waals surface area contributed by atoms with E-state index >= 15 is 0 Å². The molecule has 3 N–H and O–H groups in total. The molecule has 8 nitrogen and oxygen atoms in total. The predicted octanol–water partition coefficient (Wildman–Crippen LogP) is 4.30. The molecule has 6 rings (SSSR count). The largest absolute Gasteiger partial charge is 0.394 e. The topological polar surface area (TPSA) is 108 Å². The van der Waals surface area contributed by atoms with Crippen LogP contribution < -0.4 is 10.6 Å². The van der Waals surface area contributed by atoms with Crippen molar-refractivity contribution in [3.63, 3.8) is 0 Å². The van der Waals surface area contributed by atoms with Gasteiger partial charge in [0.1, 0.15) is 11.6 Å².